The van der Waals surface area contributed by atoms with Crippen LogP contribution in [0.3, 0.4) is 0 Å². The van der Waals surface area contributed by atoms with Crippen molar-refractivity contribution in [3.05, 3.63) is 24.5 Å². The smallest absolute Gasteiger partial charge is 0.338 e. The van der Waals surface area contributed by atoms with Gasteiger partial charge in [0.15, 0.2) is 0 Å². The van der Waals surface area contributed by atoms with Crippen molar-refractivity contribution in [3.8, 4) is 0 Å². The highest BCUT2D eigenvalue weighted by atomic mass is 16.5. The monoisotopic (exact) mass is 296 g/mol. The average molecular weight is 296 g/mol. The van der Waals surface area contributed by atoms with Crippen LogP contribution in [-0.4, -0.2) is 17.0 Å². The molecule has 0 rings (SSSR count). The van der Waals surface area contributed by atoms with E-state index in [9.17, 15) is 9.59 Å². The van der Waals surface area contributed by atoms with Gasteiger partial charge in [0.25, 0.3) is 0 Å². The van der Waals surface area contributed by atoms with Gasteiger partial charge in [-0.25, -0.2) is 4.79 Å². The number of carboxylic acids is 1. The third-order valence-electron chi connectivity index (χ3n) is 3.15. The predicted octanol–water partition coefficient (Wildman–Crippen LogP) is 4.61. The SMILES string of the molecule is C=C(CC(=O)O)C(=O)OC=CCCCCCCCCCC. The molecule has 0 atom stereocenters. The molecular weight excluding hydrogens is 268 g/mol. The second kappa shape index (κ2) is 13.4. The van der Waals surface area contributed by atoms with Gasteiger partial charge >= 0.3 is 11.9 Å². The standard InChI is InChI=1S/C17H28O4/c1-3-4-5-6-7-8-9-10-11-12-13-21-17(20)15(2)14-16(18)19/h12-13H,2-11,14H2,1H3,(H,18,19). The summed E-state index contributed by atoms with van der Waals surface area (Å²) < 4.78 is 4.79. The molecule has 0 radical (unpaired) electrons. The lowest BCUT2D eigenvalue weighted by atomic mass is 10.1. The fraction of sp³-hybridized carbons (Fsp3) is 0.647. The molecule has 0 fully saturated rings. The fourth-order valence-electron chi connectivity index (χ4n) is 1.91. The maximum absolute atomic E-state index is 11.3. The third-order valence-corrected chi connectivity index (χ3v) is 3.15. The highest BCUT2D eigenvalue weighted by molar-refractivity contribution is 5.93. The highest BCUT2D eigenvalue weighted by Gasteiger charge is 2.10. The highest BCUT2D eigenvalue weighted by Crippen LogP contribution is 2.10. The zero-order valence-electron chi connectivity index (χ0n) is 13.1. The first kappa shape index (κ1) is 19.4. The van der Waals surface area contributed by atoms with Crippen LogP contribution in [-0.2, 0) is 14.3 Å². The molecular formula is C17H28O4. The molecule has 0 aliphatic rings. The minimum absolute atomic E-state index is 0.0424. The molecule has 21 heavy (non-hydrogen) atoms. The van der Waals surface area contributed by atoms with Gasteiger partial charge in [0, 0.05) is 5.57 Å². The van der Waals surface area contributed by atoms with E-state index in [0.717, 1.165) is 12.8 Å². The molecule has 0 unspecified atom stereocenters. The van der Waals surface area contributed by atoms with Crippen LogP contribution in [0.2, 0.25) is 0 Å². The molecule has 0 amide bonds. The maximum Gasteiger partial charge on any atom is 0.338 e. The summed E-state index contributed by atoms with van der Waals surface area (Å²) in [4.78, 5) is 21.7. The molecule has 0 saturated carbocycles. The zero-order valence-corrected chi connectivity index (χ0v) is 13.1. The van der Waals surface area contributed by atoms with E-state index in [4.69, 9.17) is 9.84 Å². The summed E-state index contributed by atoms with van der Waals surface area (Å²) in [6.07, 6.45) is 13.7. The van der Waals surface area contributed by atoms with Gasteiger partial charge in [-0.05, 0) is 18.9 Å². The Morgan fingerprint density at radius 2 is 1.62 bits per heavy atom. The quantitative estimate of drug-likeness (QED) is 0.233. The van der Waals surface area contributed by atoms with E-state index >= 15 is 0 Å². The van der Waals surface area contributed by atoms with Gasteiger partial charge in [-0.1, -0.05) is 58.4 Å². The largest absolute Gasteiger partial charge is 0.481 e. The molecule has 0 saturated heterocycles. The molecule has 0 aromatic carbocycles. The summed E-state index contributed by atoms with van der Waals surface area (Å²) in [5.74, 6) is -1.76. The summed E-state index contributed by atoms with van der Waals surface area (Å²) in [7, 11) is 0. The molecule has 0 aromatic rings. The van der Waals surface area contributed by atoms with Gasteiger partial charge < -0.3 is 9.84 Å². The number of carbonyl (C=O) groups excluding carboxylic acids is 1. The van der Waals surface area contributed by atoms with Crippen LogP contribution in [0.15, 0.2) is 24.5 Å². The number of aliphatic carboxylic acids is 1. The molecule has 0 aliphatic carbocycles. The number of ether oxygens (including phenoxy) is 1. The second-order valence-corrected chi connectivity index (χ2v) is 5.21. The van der Waals surface area contributed by atoms with Crippen molar-refractivity contribution in [2.45, 2.75) is 71.1 Å². The van der Waals surface area contributed by atoms with E-state index in [1.54, 1.807) is 6.08 Å². The zero-order chi connectivity index (χ0) is 15.9. The van der Waals surface area contributed by atoms with Crippen LogP contribution in [0.25, 0.3) is 0 Å². The predicted molar refractivity (Wildman–Crippen MR) is 83.9 cm³/mol. The number of rotatable bonds is 13. The number of unbranched alkanes of at least 4 members (excludes halogenated alkanes) is 8. The number of esters is 1. The minimum Gasteiger partial charge on any atom is -0.481 e. The van der Waals surface area contributed by atoms with E-state index in [1.165, 1.54) is 51.2 Å². The molecule has 4 heteroatoms. The number of carboxylic acid groups (broad SMARTS) is 1. The van der Waals surface area contributed by atoms with E-state index in [2.05, 4.69) is 13.5 Å². The normalized spacial score (nSPS) is 10.7. The topological polar surface area (TPSA) is 63.6 Å². The van der Waals surface area contributed by atoms with Crippen LogP contribution in [0.4, 0.5) is 0 Å². The van der Waals surface area contributed by atoms with Gasteiger partial charge in [0.05, 0.1) is 12.7 Å². The Kier molecular flexibility index (Phi) is 12.4. The fourth-order valence-corrected chi connectivity index (χ4v) is 1.91. The van der Waals surface area contributed by atoms with Gasteiger partial charge in [0.2, 0.25) is 0 Å². The molecule has 4 nitrogen and oxygen atoms in total. The van der Waals surface area contributed by atoms with Gasteiger partial charge in [-0.2, -0.15) is 0 Å². The number of hydrogen-bond donors (Lipinski definition) is 1. The van der Waals surface area contributed by atoms with Crippen molar-refractivity contribution in [2.75, 3.05) is 0 Å². The Balaban J connectivity index is 3.46. The maximum atomic E-state index is 11.3. The van der Waals surface area contributed by atoms with Gasteiger partial charge in [-0.15, -0.1) is 0 Å². The van der Waals surface area contributed by atoms with Crippen LogP contribution >= 0.6 is 0 Å². The Morgan fingerprint density at radius 3 is 2.19 bits per heavy atom. The summed E-state index contributed by atoms with van der Waals surface area (Å²) in [5.41, 5.74) is -0.0424. The molecule has 0 spiro atoms. The van der Waals surface area contributed by atoms with Gasteiger partial charge in [0.1, 0.15) is 0 Å². The third kappa shape index (κ3) is 13.2. The Labute approximate surface area is 127 Å². The first-order chi connectivity index (χ1) is 10.1. The lowest BCUT2D eigenvalue weighted by molar-refractivity contribution is -0.140. The average Bonchev–Trinajstić information content (AvgIpc) is 2.43. The molecule has 0 heterocycles. The Hall–Kier alpha value is -1.58. The Morgan fingerprint density at radius 1 is 1.05 bits per heavy atom. The van der Waals surface area contributed by atoms with Crippen LogP contribution in [0.1, 0.15) is 71.1 Å². The lowest BCUT2D eigenvalue weighted by Crippen LogP contribution is -2.07. The number of carbonyl (C=O) groups is 2. The summed E-state index contributed by atoms with van der Waals surface area (Å²) in [6, 6.07) is 0. The van der Waals surface area contributed by atoms with Crippen LogP contribution in [0, 0.1) is 0 Å². The van der Waals surface area contributed by atoms with E-state index in [1.807, 2.05) is 0 Å². The molecule has 0 aromatic heterocycles. The van der Waals surface area contributed by atoms with Crippen LogP contribution in [0.5, 0.6) is 0 Å². The van der Waals surface area contributed by atoms with Crippen molar-refractivity contribution < 1.29 is 19.4 Å². The summed E-state index contributed by atoms with van der Waals surface area (Å²) >= 11 is 0. The summed E-state index contributed by atoms with van der Waals surface area (Å²) in [5, 5.41) is 8.51. The second-order valence-electron chi connectivity index (χ2n) is 5.21. The van der Waals surface area contributed by atoms with Crippen molar-refractivity contribution in [1.29, 1.82) is 0 Å². The summed E-state index contributed by atoms with van der Waals surface area (Å²) in [6.45, 7) is 5.59. The lowest BCUT2D eigenvalue weighted by Gasteiger charge is -2.01. The first-order valence-electron chi connectivity index (χ1n) is 7.83. The Bertz CT molecular complexity index is 345. The number of hydrogen-bond acceptors (Lipinski definition) is 3. The molecule has 0 bridgehead atoms. The van der Waals surface area contributed by atoms with Crippen molar-refractivity contribution in [1.82, 2.24) is 0 Å². The van der Waals surface area contributed by atoms with Crippen LogP contribution < -0.4 is 0 Å². The molecule has 120 valence electrons. The molecule has 1 N–H and O–H groups in total. The molecule has 0 aliphatic heterocycles. The van der Waals surface area contributed by atoms with E-state index in [0.29, 0.717) is 0 Å². The number of allylic oxidation sites excluding steroid dienone is 1. The first-order valence-corrected chi connectivity index (χ1v) is 7.83. The van der Waals surface area contributed by atoms with E-state index in [-0.39, 0.29) is 12.0 Å². The van der Waals surface area contributed by atoms with Crippen molar-refractivity contribution >= 4 is 11.9 Å². The van der Waals surface area contributed by atoms with Crippen molar-refractivity contribution in [2.24, 2.45) is 0 Å². The minimum atomic E-state index is -1.08. The van der Waals surface area contributed by atoms with Gasteiger partial charge in [-0.3, -0.25) is 4.79 Å². The van der Waals surface area contributed by atoms with Crippen molar-refractivity contribution in [3.63, 3.8) is 0 Å². The van der Waals surface area contributed by atoms with E-state index < -0.39 is 11.9 Å².